The van der Waals surface area contributed by atoms with Crippen molar-refractivity contribution in [1.82, 2.24) is 0 Å². The van der Waals surface area contributed by atoms with Crippen LogP contribution in [0, 0.1) is 0 Å². The van der Waals surface area contributed by atoms with Gasteiger partial charge in [0.2, 0.25) is 0 Å². The summed E-state index contributed by atoms with van der Waals surface area (Å²) in [5.74, 6) is 0. The summed E-state index contributed by atoms with van der Waals surface area (Å²) in [4.78, 5) is 0. The van der Waals surface area contributed by atoms with E-state index < -0.39 is 101 Å². The smallest absolute Gasteiger partial charge is 0.136 e. The Balaban J connectivity index is 1.34. The highest BCUT2D eigenvalue weighted by Crippen LogP contribution is 2.46. The van der Waals surface area contributed by atoms with Crippen molar-refractivity contribution in [2.24, 2.45) is 0 Å². The van der Waals surface area contributed by atoms with Crippen LogP contribution in [0.25, 0.3) is 98.8 Å². The molecule has 0 aliphatic rings. The highest BCUT2D eigenvalue weighted by atomic mass is 16.3. The Kier molecular flexibility index (Phi) is 3.99. The SMILES string of the molecule is [2H]c1c([2H])c([2H])c(-c2c([2H])c(-c3c([2H])c([2H])c([2H])c([2H])c3[2H])c([2H])c(-c3c4ccccc4c(-c4ccc5c(c4)oc4cc6ccccc6cc45)c4ccccc34)c2[2H])c([2H])c1[2H]. The van der Waals surface area contributed by atoms with Crippen molar-refractivity contribution in [3.63, 3.8) is 0 Å². The van der Waals surface area contributed by atoms with Gasteiger partial charge in [0, 0.05) is 10.8 Å². The molecule has 0 unspecified atom stereocenters. The van der Waals surface area contributed by atoms with Gasteiger partial charge in [-0.2, -0.15) is 0 Å². The fourth-order valence-electron chi connectivity index (χ4n) is 6.92. The molecule has 0 saturated heterocycles. The van der Waals surface area contributed by atoms with Gasteiger partial charge in [-0.25, -0.2) is 0 Å². The third kappa shape index (κ3) is 4.55. The molecule has 0 aliphatic carbocycles. The van der Waals surface area contributed by atoms with Crippen LogP contribution >= 0.6 is 0 Å². The van der Waals surface area contributed by atoms with E-state index in [4.69, 9.17) is 18.1 Å². The van der Waals surface area contributed by atoms with Crippen LogP contribution in [-0.2, 0) is 0 Å². The predicted molar refractivity (Wildman–Crippen MR) is 208 cm³/mol. The van der Waals surface area contributed by atoms with Crippen LogP contribution in [-0.4, -0.2) is 0 Å². The summed E-state index contributed by atoms with van der Waals surface area (Å²) in [6.45, 7) is 0. The largest absolute Gasteiger partial charge is 0.456 e. The minimum Gasteiger partial charge on any atom is -0.456 e. The molecule has 1 nitrogen and oxygen atoms in total. The Morgan fingerprint density at radius 1 is 0.347 bits per heavy atom. The number of hydrogen-bond donors (Lipinski definition) is 0. The van der Waals surface area contributed by atoms with E-state index in [0.29, 0.717) is 32.7 Å². The van der Waals surface area contributed by atoms with Crippen molar-refractivity contribution in [3.8, 4) is 44.5 Å². The average Bonchev–Trinajstić information content (AvgIpc) is 3.63. The molecule has 1 heterocycles. The maximum Gasteiger partial charge on any atom is 0.136 e. The van der Waals surface area contributed by atoms with Crippen molar-refractivity contribution in [2.75, 3.05) is 0 Å². The highest BCUT2D eigenvalue weighted by Gasteiger charge is 2.19. The monoisotopic (exact) mass is 635 g/mol. The van der Waals surface area contributed by atoms with E-state index in [1.54, 1.807) is 12.1 Å². The molecule has 1 heteroatoms. The van der Waals surface area contributed by atoms with Crippen LogP contribution in [0.15, 0.2) is 186 Å². The zero-order valence-corrected chi connectivity index (χ0v) is 25.7. The Morgan fingerprint density at radius 3 is 1.39 bits per heavy atom. The first kappa shape index (κ1) is 17.6. The van der Waals surface area contributed by atoms with E-state index >= 15 is 0 Å². The van der Waals surface area contributed by atoms with Crippen LogP contribution in [0.4, 0.5) is 0 Å². The van der Waals surface area contributed by atoms with Gasteiger partial charge in [-0.3, -0.25) is 0 Å². The summed E-state index contributed by atoms with van der Waals surface area (Å²) in [5.41, 5.74) is 1.40. The van der Waals surface area contributed by atoms with Gasteiger partial charge in [-0.05, 0) is 119 Å². The number of benzene rings is 9. The standard InChI is InChI=1S/C48H30O/c1-3-13-31(14-4-1)36-25-37(32-15-5-2-6-16-32)27-38(26-36)48-42-21-11-9-19-40(42)47(41-20-10-12-22-43(41)48)35-23-24-39-44-28-33-17-7-8-18-34(33)29-46(44)49-45(39)30-35/h1-30H/i1D,2D,3D,4D,5D,6D,13D,14D,15D,16D,25D,26D,27D. The zero-order valence-electron chi connectivity index (χ0n) is 38.7. The van der Waals surface area contributed by atoms with E-state index in [1.165, 1.54) is 0 Å². The number of furan rings is 1. The molecule has 1 aromatic heterocycles. The van der Waals surface area contributed by atoms with Crippen LogP contribution in [0.5, 0.6) is 0 Å². The van der Waals surface area contributed by atoms with Crippen LogP contribution < -0.4 is 0 Å². The zero-order chi connectivity index (χ0) is 43.6. The van der Waals surface area contributed by atoms with Gasteiger partial charge in [0.1, 0.15) is 11.2 Å². The molecule has 0 N–H and O–H groups in total. The molecule has 0 spiro atoms. The second-order valence-corrected chi connectivity index (χ2v) is 11.8. The van der Waals surface area contributed by atoms with E-state index in [2.05, 4.69) is 12.1 Å². The van der Waals surface area contributed by atoms with Gasteiger partial charge in [-0.1, -0.05) is 139 Å². The molecule has 0 amide bonds. The third-order valence-corrected chi connectivity index (χ3v) is 9.06. The number of rotatable bonds is 4. The Bertz CT molecular complexity index is 3420. The fraction of sp³-hybridized carbons (Fsp3) is 0. The molecule has 9 aromatic carbocycles. The van der Waals surface area contributed by atoms with Gasteiger partial charge in [0.05, 0.1) is 17.8 Å². The highest BCUT2D eigenvalue weighted by molar-refractivity contribution is 6.22. The second kappa shape index (κ2) is 11.1. The van der Waals surface area contributed by atoms with Gasteiger partial charge in [0.15, 0.2) is 0 Å². The predicted octanol–water partition coefficient (Wildman–Crippen LogP) is 13.7. The minimum absolute atomic E-state index is 0.122. The van der Waals surface area contributed by atoms with Crippen molar-refractivity contribution >= 4 is 54.3 Å². The van der Waals surface area contributed by atoms with Gasteiger partial charge in [-0.15, -0.1) is 0 Å². The Labute approximate surface area is 302 Å². The van der Waals surface area contributed by atoms with Gasteiger partial charge >= 0.3 is 0 Å². The van der Waals surface area contributed by atoms with Crippen LogP contribution in [0.2, 0.25) is 0 Å². The normalized spacial score (nSPS) is 15.4. The average molecular weight is 636 g/mol. The van der Waals surface area contributed by atoms with Crippen molar-refractivity contribution in [1.29, 1.82) is 0 Å². The van der Waals surface area contributed by atoms with Crippen molar-refractivity contribution in [2.45, 2.75) is 0 Å². The first-order valence-corrected chi connectivity index (χ1v) is 15.8. The molecule has 10 rings (SSSR count). The summed E-state index contributed by atoms with van der Waals surface area (Å²) in [7, 11) is 0. The number of hydrogen-bond acceptors (Lipinski definition) is 1. The van der Waals surface area contributed by atoms with E-state index in [1.807, 2.05) is 78.9 Å². The topological polar surface area (TPSA) is 13.1 Å². The first-order valence-electron chi connectivity index (χ1n) is 22.3. The van der Waals surface area contributed by atoms with Crippen LogP contribution in [0.1, 0.15) is 17.8 Å². The van der Waals surface area contributed by atoms with E-state index in [0.717, 1.165) is 38.3 Å². The summed E-state index contributed by atoms with van der Waals surface area (Å²) >= 11 is 0. The molecule has 0 radical (unpaired) electrons. The fourth-order valence-corrected chi connectivity index (χ4v) is 6.92. The summed E-state index contributed by atoms with van der Waals surface area (Å²) in [6.07, 6.45) is 0. The molecular weight excluding hydrogens is 593 g/mol. The number of fused-ring (bicyclic) bond motifs is 6. The van der Waals surface area contributed by atoms with E-state index in [-0.39, 0.29) is 5.56 Å². The second-order valence-electron chi connectivity index (χ2n) is 11.8. The summed E-state index contributed by atoms with van der Waals surface area (Å²) in [6, 6.07) is 24.3. The first-order chi connectivity index (χ1) is 29.7. The molecule has 0 aliphatic heterocycles. The molecule has 10 aromatic rings. The molecule has 228 valence electrons. The maximum atomic E-state index is 9.86. The van der Waals surface area contributed by atoms with Gasteiger partial charge in [0.25, 0.3) is 0 Å². The molecule has 0 saturated carbocycles. The maximum absolute atomic E-state index is 9.86. The molecule has 49 heavy (non-hydrogen) atoms. The lowest BCUT2D eigenvalue weighted by molar-refractivity contribution is 0.669. The van der Waals surface area contributed by atoms with Crippen LogP contribution in [0.3, 0.4) is 0 Å². The lowest BCUT2D eigenvalue weighted by Crippen LogP contribution is -1.92. The lowest BCUT2D eigenvalue weighted by Gasteiger charge is -2.19. The minimum atomic E-state index is -0.712. The Morgan fingerprint density at radius 2 is 0.816 bits per heavy atom. The molecule has 0 fully saturated rings. The quantitative estimate of drug-likeness (QED) is 0.175. The lowest BCUT2D eigenvalue weighted by atomic mass is 9.84. The molecule has 0 atom stereocenters. The Hall–Kier alpha value is -6.44. The van der Waals surface area contributed by atoms with E-state index in [9.17, 15) is 4.11 Å². The summed E-state index contributed by atoms with van der Waals surface area (Å²) in [5, 5.41) is 6.61. The summed E-state index contributed by atoms with van der Waals surface area (Å²) < 4.78 is 122. The third-order valence-electron chi connectivity index (χ3n) is 9.06. The van der Waals surface area contributed by atoms with Crippen molar-refractivity contribution < 1.29 is 22.2 Å². The van der Waals surface area contributed by atoms with Gasteiger partial charge < -0.3 is 4.42 Å². The molecule has 0 bridgehead atoms. The molecular formula is C48H30O. The van der Waals surface area contributed by atoms with Crippen molar-refractivity contribution in [3.05, 3.63) is 182 Å².